The molecule has 0 aliphatic rings. The Kier molecular flexibility index (Phi) is 9.42. The summed E-state index contributed by atoms with van der Waals surface area (Å²) in [7, 11) is 0. The van der Waals surface area contributed by atoms with Gasteiger partial charge in [-0.3, -0.25) is 4.90 Å². The van der Waals surface area contributed by atoms with E-state index >= 15 is 0 Å². The lowest BCUT2D eigenvalue weighted by Gasteiger charge is -2.23. The zero-order valence-electron chi connectivity index (χ0n) is 16.9. The van der Waals surface area contributed by atoms with Crippen molar-refractivity contribution in [2.24, 2.45) is 5.73 Å². The van der Waals surface area contributed by atoms with E-state index in [1.807, 2.05) is 18.2 Å². The number of hydrogen-bond acceptors (Lipinski definition) is 2. The lowest BCUT2D eigenvalue weighted by Crippen LogP contribution is -2.36. The number of anilines is 1. The average Bonchev–Trinajstić information content (AvgIpc) is 2.68. The number of halogens is 1. The first kappa shape index (κ1) is 22.4. The van der Waals surface area contributed by atoms with Crippen LogP contribution in [0.1, 0.15) is 71.1 Å². The van der Waals surface area contributed by atoms with Gasteiger partial charge in [0, 0.05) is 11.9 Å². The minimum Gasteiger partial charge on any atom is -0.506 e. The van der Waals surface area contributed by atoms with Gasteiger partial charge in [-0.2, -0.15) is 0 Å². The van der Waals surface area contributed by atoms with E-state index in [9.17, 15) is 9.90 Å². The molecule has 0 aliphatic heterocycles. The Bertz CT molecular complexity index is 764. The van der Waals surface area contributed by atoms with Gasteiger partial charge in [-0.15, -0.1) is 0 Å². The van der Waals surface area contributed by atoms with Crippen LogP contribution in [0.15, 0.2) is 30.3 Å². The number of carbonyl (C=O) groups excluding carboxylic acids is 1. The van der Waals surface area contributed by atoms with E-state index in [1.165, 1.54) is 51.4 Å². The maximum absolute atomic E-state index is 12.1. The van der Waals surface area contributed by atoms with Crippen molar-refractivity contribution in [1.82, 2.24) is 0 Å². The predicted molar refractivity (Wildman–Crippen MR) is 119 cm³/mol. The number of phenolic OH excluding ortho intramolecular Hbond substituents is 1. The number of urea groups is 1. The first-order valence-electron chi connectivity index (χ1n) is 10.5. The van der Waals surface area contributed by atoms with Crippen LogP contribution in [0.4, 0.5) is 10.5 Å². The van der Waals surface area contributed by atoms with Gasteiger partial charge in [0.25, 0.3) is 0 Å². The topological polar surface area (TPSA) is 66.6 Å². The van der Waals surface area contributed by atoms with Crippen LogP contribution in [0, 0.1) is 0 Å². The number of nitrogens with zero attached hydrogens (tertiary/aromatic N) is 1. The number of primary amides is 1. The van der Waals surface area contributed by atoms with E-state index < -0.39 is 6.03 Å². The second-order valence-corrected chi connectivity index (χ2v) is 7.85. The molecule has 154 valence electrons. The van der Waals surface area contributed by atoms with E-state index in [-0.39, 0.29) is 10.8 Å². The van der Waals surface area contributed by atoms with Crippen molar-refractivity contribution >= 4 is 34.1 Å². The van der Waals surface area contributed by atoms with Gasteiger partial charge < -0.3 is 10.8 Å². The molecule has 5 heteroatoms. The van der Waals surface area contributed by atoms with Crippen LogP contribution in [0.3, 0.4) is 0 Å². The van der Waals surface area contributed by atoms with Gasteiger partial charge in [-0.05, 0) is 23.9 Å². The zero-order chi connectivity index (χ0) is 20.4. The molecule has 2 aromatic rings. The fourth-order valence-electron chi connectivity index (χ4n) is 3.65. The molecule has 2 rings (SSSR count). The lowest BCUT2D eigenvalue weighted by molar-refractivity contribution is 0.254. The highest BCUT2D eigenvalue weighted by molar-refractivity contribution is 6.33. The molecule has 0 bridgehead atoms. The molecular formula is C23H33ClN2O2. The van der Waals surface area contributed by atoms with Crippen LogP contribution >= 0.6 is 11.6 Å². The molecule has 4 nitrogen and oxygen atoms in total. The maximum atomic E-state index is 12.1. The summed E-state index contributed by atoms with van der Waals surface area (Å²) in [6, 6.07) is 8.52. The Labute approximate surface area is 173 Å². The molecule has 0 heterocycles. The maximum Gasteiger partial charge on any atom is 0.319 e. The summed E-state index contributed by atoms with van der Waals surface area (Å²) in [4.78, 5) is 13.6. The molecule has 0 spiro atoms. The van der Waals surface area contributed by atoms with Crippen LogP contribution in [-0.2, 0) is 0 Å². The SMILES string of the molecule is CCCCCCCCCCCCN(C(N)=O)c1cccc2ccc(Cl)c(O)c12. The van der Waals surface area contributed by atoms with Crippen molar-refractivity contribution in [2.45, 2.75) is 71.1 Å². The van der Waals surface area contributed by atoms with Crippen LogP contribution in [0.5, 0.6) is 5.75 Å². The number of unbranched alkanes of at least 4 members (excludes halogenated alkanes) is 9. The first-order chi connectivity index (χ1) is 13.6. The van der Waals surface area contributed by atoms with E-state index in [0.29, 0.717) is 17.6 Å². The number of aromatic hydroxyl groups is 1. The third kappa shape index (κ3) is 6.30. The normalized spacial score (nSPS) is 11.1. The fourth-order valence-corrected chi connectivity index (χ4v) is 3.80. The molecule has 3 N–H and O–H groups in total. The summed E-state index contributed by atoms with van der Waals surface area (Å²) in [5, 5.41) is 12.1. The third-order valence-corrected chi connectivity index (χ3v) is 5.54. The Hall–Kier alpha value is -1.94. The number of phenols is 1. The van der Waals surface area contributed by atoms with Crippen LogP contribution < -0.4 is 10.6 Å². The molecule has 2 amide bonds. The Morgan fingerprint density at radius 3 is 2.18 bits per heavy atom. The Balaban J connectivity index is 1.89. The summed E-state index contributed by atoms with van der Waals surface area (Å²) >= 11 is 6.07. The lowest BCUT2D eigenvalue weighted by atomic mass is 10.1. The molecule has 2 aromatic carbocycles. The van der Waals surface area contributed by atoms with Gasteiger partial charge in [0.05, 0.1) is 10.7 Å². The summed E-state index contributed by atoms with van der Waals surface area (Å²) in [5.74, 6) is -0.0101. The summed E-state index contributed by atoms with van der Waals surface area (Å²) in [6.45, 7) is 2.78. The van der Waals surface area contributed by atoms with E-state index in [2.05, 4.69) is 6.92 Å². The third-order valence-electron chi connectivity index (χ3n) is 5.24. The molecule has 28 heavy (non-hydrogen) atoms. The van der Waals surface area contributed by atoms with E-state index in [4.69, 9.17) is 17.3 Å². The van der Waals surface area contributed by atoms with Crippen molar-refractivity contribution < 1.29 is 9.90 Å². The number of hydrogen-bond donors (Lipinski definition) is 2. The Morgan fingerprint density at radius 1 is 0.964 bits per heavy atom. The standard InChI is InChI=1S/C23H33ClN2O2/c1-2-3-4-5-6-7-8-9-10-11-17-26(23(25)28)20-14-12-13-18-15-16-19(24)22(27)21(18)20/h12-16,27H,2-11,17H2,1H3,(H2,25,28). The number of nitrogens with two attached hydrogens (primary N) is 1. The fraction of sp³-hybridized carbons (Fsp3) is 0.522. The number of rotatable bonds is 12. The van der Waals surface area contributed by atoms with Crippen molar-refractivity contribution in [3.63, 3.8) is 0 Å². The largest absolute Gasteiger partial charge is 0.506 e. The van der Waals surface area contributed by atoms with Crippen LogP contribution in [-0.4, -0.2) is 17.7 Å². The molecular weight excluding hydrogens is 372 g/mol. The monoisotopic (exact) mass is 404 g/mol. The van der Waals surface area contributed by atoms with E-state index in [1.54, 1.807) is 17.0 Å². The quantitative estimate of drug-likeness (QED) is 0.374. The van der Waals surface area contributed by atoms with E-state index in [0.717, 1.165) is 18.2 Å². The molecule has 0 aliphatic carbocycles. The molecule has 0 aromatic heterocycles. The minimum atomic E-state index is -0.511. The molecule has 0 saturated carbocycles. The molecule has 0 atom stereocenters. The first-order valence-corrected chi connectivity index (χ1v) is 10.9. The molecule has 0 unspecified atom stereocenters. The van der Waals surface area contributed by atoms with Gasteiger partial charge in [0.2, 0.25) is 0 Å². The highest BCUT2D eigenvalue weighted by Gasteiger charge is 2.18. The Morgan fingerprint density at radius 2 is 1.57 bits per heavy atom. The smallest absolute Gasteiger partial charge is 0.319 e. The van der Waals surface area contributed by atoms with Crippen molar-refractivity contribution in [2.75, 3.05) is 11.4 Å². The van der Waals surface area contributed by atoms with Gasteiger partial charge in [0.1, 0.15) is 5.75 Å². The molecule has 0 saturated heterocycles. The van der Waals surface area contributed by atoms with Gasteiger partial charge >= 0.3 is 6.03 Å². The second-order valence-electron chi connectivity index (χ2n) is 7.44. The number of benzene rings is 2. The highest BCUT2D eigenvalue weighted by atomic mass is 35.5. The summed E-state index contributed by atoms with van der Waals surface area (Å²) in [6.07, 6.45) is 12.3. The predicted octanol–water partition coefficient (Wildman–Crippen LogP) is 7.00. The second kappa shape index (κ2) is 11.8. The van der Waals surface area contributed by atoms with Gasteiger partial charge in [0.15, 0.2) is 0 Å². The van der Waals surface area contributed by atoms with Crippen molar-refractivity contribution in [3.8, 4) is 5.75 Å². The van der Waals surface area contributed by atoms with Crippen LogP contribution in [0.25, 0.3) is 10.8 Å². The average molecular weight is 405 g/mol. The van der Waals surface area contributed by atoms with Crippen LogP contribution in [0.2, 0.25) is 5.02 Å². The van der Waals surface area contributed by atoms with Gasteiger partial charge in [-0.25, -0.2) is 4.79 Å². The highest BCUT2D eigenvalue weighted by Crippen LogP contribution is 2.38. The molecule has 0 radical (unpaired) electrons. The summed E-state index contributed by atoms with van der Waals surface area (Å²) in [5.41, 5.74) is 6.25. The number of fused-ring (bicyclic) bond motifs is 1. The molecule has 0 fully saturated rings. The minimum absolute atomic E-state index is 0.0101. The zero-order valence-corrected chi connectivity index (χ0v) is 17.7. The van der Waals surface area contributed by atoms with Crippen molar-refractivity contribution in [1.29, 1.82) is 0 Å². The van der Waals surface area contributed by atoms with Crippen molar-refractivity contribution in [3.05, 3.63) is 35.4 Å². The number of amides is 2. The summed E-state index contributed by atoms with van der Waals surface area (Å²) < 4.78 is 0. The van der Waals surface area contributed by atoms with Gasteiger partial charge in [-0.1, -0.05) is 94.5 Å². The number of carbonyl (C=O) groups is 1.